The number of imidazole rings is 1. The molecule has 0 atom stereocenters. The highest BCUT2D eigenvalue weighted by atomic mass is 19.1. The third-order valence-corrected chi connectivity index (χ3v) is 6.85. The number of nitrogens with one attached hydrogen (secondary N) is 1. The molecule has 4 aromatic carbocycles. The molecule has 0 aliphatic carbocycles. The molecule has 0 radical (unpaired) electrons. The molecule has 11 heteroatoms. The second-order valence-electron chi connectivity index (χ2n) is 9.64. The van der Waals surface area contributed by atoms with Gasteiger partial charge in [0.1, 0.15) is 23.4 Å². The van der Waals surface area contributed by atoms with Crippen molar-refractivity contribution in [2.45, 2.75) is 13.5 Å². The summed E-state index contributed by atoms with van der Waals surface area (Å²) < 4.78 is 38.1. The summed E-state index contributed by atoms with van der Waals surface area (Å²) in [7, 11) is 0. The Morgan fingerprint density at radius 2 is 1.64 bits per heavy atom. The first-order chi connectivity index (χ1) is 20.3. The zero-order chi connectivity index (χ0) is 29.4. The Morgan fingerprint density at radius 1 is 0.976 bits per heavy atom. The molecule has 6 aromatic rings. The Morgan fingerprint density at radius 3 is 2.31 bits per heavy atom. The minimum absolute atomic E-state index is 0.0644. The normalized spacial score (nSPS) is 11.2. The molecule has 0 spiro atoms. The molecular weight excluding hydrogens is 542 g/mol. The lowest BCUT2D eigenvalue weighted by molar-refractivity contribution is 0.0695. The van der Waals surface area contributed by atoms with Crippen LogP contribution in [0.25, 0.3) is 44.7 Å². The molecule has 0 saturated heterocycles. The Balaban J connectivity index is 1.25. The van der Waals surface area contributed by atoms with Crippen molar-refractivity contribution < 1.29 is 23.4 Å². The van der Waals surface area contributed by atoms with Crippen LogP contribution in [0.5, 0.6) is 11.8 Å². The predicted molar refractivity (Wildman–Crippen MR) is 153 cm³/mol. The van der Waals surface area contributed by atoms with Crippen LogP contribution in [-0.4, -0.2) is 42.4 Å². The summed E-state index contributed by atoms with van der Waals surface area (Å²) in [6.45, 7) is 2.72. The maximum absolute atomic E-state index is 15.6. The number of hydrogen-bond donors (Lipinski definition) is 3. The minimum atomic E-state index is -1.10. The number of rotatable bonds is 8. The summed E-state index contributed by atoms with van der Waals surface area (Å²) in [5.74, 6) is -1.92. The number of aryl methyl sites for hydroxylation is 1. The largest absolute Gasteiger partial charge is 0.478 e. The molecule has 9 nitrogen and oxygen atoms in total. The number of aromatic carboxylic acids is 1. The maximum Gasteiger partial charge on any atom is 0.336 e. The van der Waals surface area contributed by atoms with Gasteiger partial charge in [-0.25, -0.2) is 18.6 Å². The van der Waals surface area contributed by atoms with Gasteiger partial charge < -0.3 is 20.6 Å². The second kappa shape index (κ2) is 10.9. The van der Waals surface area contributed by atoms with Gasteiger partial charge in [-0.3, -0.25) is 4.68 Å². The number of H-pyrrole nitrogens is 1. The van der Waals surface area contributed by atoms with Gasteiger partial charge >= 0.3 is 5.97 Å². The molecular formula is C31H24F2N6O3. The molecule has 210 valence electrons. The first-order valence-electron chi connectivity index (χ1n) is 13.0. The van der Waals surface area contributed by atoms with Crippen molar-refractivity contribution in [1.29, 1.82) is 0 Å². The van der Waals surface area contributed by atoms with Gasteiger partial charge in [0, 0.05) is 18.2 Å². The van der Waals surface area contributed by atoms with Crippen molar-refractivity contribution in [1.82, 2.24) is 24.7 Å². The van der Waals surface area contributed by atoms with Crippen molar-refractivity contribution in [2.75, 3.05) is 6.54 Å². The van der Waals surface area contributed by atoms with Gasteiger partial charge in [0.25, 0.3) is 6.01 Å². The van der Waals surface area contributed by atoms with E-state index in [1.165, 1.54) is 6.07 Å². The number of fused-ring (bicyclic) bond motifs is 1. The van der Waals surface area contributed by atoms with E-state index in [2.05, 4.69) is 20.1 Å². The van der Waals surface area contributed by atoms with Crippen molar-refractivity contribution >= 4 is 17.0 Å². The molecule has 2 aromatic heterocycles. The molecule has 4 N–H and O–H groups in total. The fraction of sp³-hybridized carbons (Fsp3) is 0.0968. The third-order valence-electron chi connectivity index (χ3n) is 6.85. The van der Waals surface area contributed by atoms with E-state index in [-0.39, 0.29) is 33.9 Å². The van der Waals surface area contributed by atoms with Crippen LogP contribution < -0.4 is 10.5 Å². The predicted octanol–water partition coefficient (Wildman–Crippen LogP) is 6.19. The SMILES string of the molecule is Cc1ccc(Oc2nc3c(F)c(-c4ccc(-c5ccc(-c6ncn(CCN)n6)cc5)cc4)c(F)cc3[nH]2)cc1C(=O)O. The maximum atomic E-state index is 15.6. The van der Waals surface area contributed by atoms with Crippen LogP contribution in [0, 0.1) is 18.6 Å². The smallest absolute Gasteiger partial charge is 0.336 e. The van der Waals surface area contributed by atoms with Crippen LogP contribution in [0.15, 0.2) is 79.1 Å². The van der Waals surface area contributed by atoms with Gasteiger partial charge in [-0.05, 0) is 41.3 Å². The number of carboxylic acids is 1. The Hall–Kier alpha value is -5.42. The molecule has 0 saturated carbocycles. The minimum Gasteiger partial charge on any atom is -0.478 e. The number of hydrogen-bond acceptors (Lipinski definition) is 6. The van der Waals surface area contributed by atoms with E-state index >= 15 is 8.78 Å². The summed E-state index contributed by atoms with van der Waals surface area (Å²) in [5, 5.41) is 13.8. The van der Waals surface area contributed by atoms with E-state index in [1.54, 1.807) is 54.3 Å². The molecule has 0 aliphatic heterocycles. The average Bonchev–Trinajstić information content (AvgIpc) is 3.62. The van der Waals surface area contributed by atoms with Crippen LogP contribution >= 0.6 is 0 Å². The Kier molecular flexibility index (Phi) is 6.93. The van der Waals surface area contributed by atoms with Gasteiger partial charge in [-0.2, -0.15) is 10.1 Å². The standard InChI is InChI=1S/C31H24F2N6O3/c1-17-2-11-22(14-23(17)30(40)41)42-31-36-25-15-24(32)26(27(33)28(25)37-31)20-7-3-18(4-8-20)19-5-9-21(10-6-19)29-35-16-39(38-29)13-12-34/h2-11,14-16H,12-13,34H2,1H3,(H,36,37)(H,40,41). The quantitative estimate of drug-likeness (QED) is 0.200. The monoisotopic (exact) mass is 566 g/mol. The molecule has 0 aliphatic rings. The van der Waals surface area contributed by atoms with E-state index in [4.69, 9.17) is 10.5 Å². The van der Waals surface area contributed by atoms with Gasteiger partial charge in [0.2, 0.25) is 0 Å². The topological polar surface area (TPSA) is 132 Å². The first-order valence-corrected chi connectivity index (χ1v) is 13.0. The first kappa shape index (κ1) is 26.8. The van der Waals surface area contributed by atoms with Gasteiger partial charge in [-0.1, -0.05) is 54.6 Å². The number of nitrogens with two attached hydrogens (primary N) is 1. The second-order valence-corrected chi connectivity index (χ2v) is 9.64. The van der Waals surface area contributed by atoms with Crippen LogP contribution in [0.3, 0.4) is 0 Å². The Labute approximate surface area is 238 Å². The summed E-state index contributed by atoms with van der Waals surface area (Å²) in [6, 6.07) is 20.1. The fourth-order valence-corrected chi connectivity index (χ4v) is 4.69. The highest BCUT2D eigenvalue weighted by molar-refractivity contribution is 5.90. The fourth-order valence-electron chi connectivity index (χ4n) is 4.69. The third kappa shape index (κ3) is 5.08. The zero-order valence-electron chi connectivity index (χ0n) is 22.3. The van der Waals surface area contributed by atoms with Crippen LogP contribution in [0.1, 0.15) is 15.9 Å². The highest BCUT2D eigenvalue weighted by Crippen LogP contribution is 2.34. The van der Waals surface area contributed by atoms with E-state index in [9.17, 15) is 9.90 Å². The zero-order valence-corrected chi connectivity index (χ0v) is 22.3. The summed E-state index contributed by atoms with van der Waals surface area (Å²) >= 11 is 0. The highest BCUT2D eigenvalue weighted by Gasteiger charge is 2.20. The van der Waals surface area contributed by atoms with Gasteiger partial charge in [0.15, 0.2) is 11.6 Å². The van der Waals surface area contributed by atoms with E-state index < -0.39 is 17.6 Å². The number of ether oxygens (including phenoxy) is 1. The number of carboxylic acid groups (broad SMARTS) is 1. The molecule has 6 rings (SSSR count). The summed E-state index contributed by atoms with van der Waals surface area (Å²) in [4.78, 5) is 22.6. The lowest BCUT2D eigenvalue weighted by atomic mass is 9.98. The molecule has 0 bridgehead atoms. The molecule has 0 amide bonds. The number of aromatic amines is 1. The van der Waals surface area contributed by atoms with E-state index in [1.807, 2.05) is 24.3 Å². The number of aromatic nitrogens is 5. The summed E-state index contributed by atoms with van der Waals surface area (Å²) in [6.07, 6.45) is 1.64. The molecule has 0 fully saturated rings. The van der Waals surface area contributed by atoms with Crippen LogP contribution in [0.2, 0.25) is 0 Å². The van der Waals surface area contributed by atoms with Crippen molar-refractivity contribution in [3.63, 3.8) is 0 Å². The number of nitrogens with zero attached hydrogens (tertiary/aromatic N) is 4. The van der Waals surface area contributed by atoms with Crippen molar-refractivity contribution in [3.05, 3.63) is 102 Å². The van der Waals surface area contributed by atoms with Crippen LogP contribution in [0.4, 0.5) is 8.78 Å². The summed E-state index contributed by atoms with van der Waals surface area (Å²) in [5.41, 5.74) is 8.96. The van der Waals surface area contributed by atoms with Crippen LogP contribution in [-0.2, 0) is 6.54 Å². The number of halogens is 2. The van der Waals surface area contributed by atoms with E-state index in [0.29, 0.717) is 30.0 Å². The molecule has 42 heavy (non-hydrogen) atoms. The lowest BCUT2D eigenvalue weighted by Crippen LogP contribution is -2.10. The van der Waals surface area contributed by atoms with Crippen molar-refractivity contribution in [3.8, 4) is 45.4 Å². The van der Waals surface area contributed by atoms with E-state index in [0.717, 1.165) is 22.8 Å². The average molecular weight is 567 g/mol. The van der Waals surface area contributed by atoms with Crippen molar-refractivity contribution in [2.24, 2.45) is 5.73 Å². The molecule has 2 heterocycles. The number of carbonyl (C=O) groups is 1. The molecule has 0 unspecified atom stereocenters. The lowest BCUT2D eigenvalue weighted by Gasteiger charge is -2.08. The van der Waals surface area contributed by atoms with Gasteiger partial charge in [0.05, 0.1) is 23.2 Å². The Bertz CT molecular complexity index is 1930. The van der Waals surface area contributed by atoms with Gasteiger partial charge in [-0.15, -0.1) is 0 Å². The number of benzene rings is 4.